The smallest absolute Gasteiger partial charge is 0.124 e. The van der Waals surface area contributed by atoms with E-state index in [1.807, 2.05) is 18.2 Å². The van der Waals surface area contributed by atoms with Crippen LogP contribution in [0.2, 0.25) is 0 Å². The Kier molecular flexibility index (Phi) is 5.68. The molecule has 0 aliphatic carbocycles. The standard InChI is InChI=1S/C16H24O4/c1-18-13-8-9-16(19-2)14(11-13)15(17)7-3-5-12-6-4-10-20-12/h8-9,11-12,15,17H,3-7,10H2,1-2H3. The first-order valence-electron chi connectivity index (χ1n) is 7.26. The van der Waals surface area contributed by atoms with Gasteiger partial charge in [0.1, 0.15) is 11.5 Å². The van der Waals surface area contributed by atoms with Crippen molar-refractivity contribution in [3.8, 4) is 11.5 Å². The molecular weight excluding hydrogens is 256 g/mol. The van der Waals surface area contributed by atoms with E-state index in [1.165, 1.54) is 0 Å². The van der Waals surface area contributed by atoms with Crippen molar-refractivity contribution in [1.82, 2.24) is 0 Å². The maximum Gasteiger partial charge on any atom is 0.124 e. The highest BCUT2D eigenvalue weighted by molar-refractivity contribution is 5.41. The second-order valence-corrected chi connectivity index (χ2v) is 5.19. The van der Waals surface area contributed by atoms with Crippen molar-refractivity contribution in [3.63, 3.8) is 0 Å². The van der Waals surface area contributed by atoms with Gasteiger partial charge in [0.25, 0.3) is 0 Å². The predicted octanol–water partition coefficient (Wildman–Crippen LogP) is 3.09. The zero-order chi connectivity index (χ0) is 14.4. The van der Waals surface area contributed by atoms with Gasteiger partial charge >= 0.3 is 0 Å². The van der Waals surface area contributed by atoms with Gasteiger partial charge in [-0.15, -0.1) is 0 Å². The number of aliphatic hydroxyl groups excluding tert-OH is 1. The molecule has 2 unspecified atom stereocenters. The Labute approximate surface area is 120 Å². The minimum absolute atomic E-state index is 0.384. The molecule has 1 saturated heterocycles. The Hall–Kier alpha value is -1.26. The van der Waals surface area contributed by atoms with E-state index in [1.54, 1.807) is 14.2 Å². The first kappa shape index (κ1) is 15.1. The molecule has 4 nitrogen and oxygen atoms in total. The number of rotatable bonds is 7. The highest BCUT2D eigenvalue weighted by atomic mass is 16.5. The molecule has 20 heavy (non-hydrogen) atoms. The lowest BCUT2D eigenvalue weighted by Gasteiger charge is -2.16. The summed E-state index contributed by atoms with van der Waals surface area (Å²) in [6.45, 7) is 0.886. The second kappa shape index (κ2) is 7.50. The average molecular weight is 280 g/mol. The molecule has 0 spiro atoms. The number of aliphatic hydroxyl groups is 1. The topological polar surface area (TPSA) is 47.9 Å². The van der Waals surface area contributed by atoms with Gasteiger partial charge in [0, 0.05) is 12.2 Å². The molecule has 1 aliphatic rings. The van der Waals surface area contributed by atoms with Gasteiger partial charge in [0.2, 0.25) is 0 Å². The minimum atomic E-state index is -0.526. The summed E-state index contributed by atoms with van der Waals surface area (Å²) in [5.41, 5.74) is 0.791. The third kappa shape index (κ3) is 3.87. The van der Waals surface area contributed by atoms with E-state index < -0.39 is 6.10 Å². The molecule has 0 amide bonds. The van der Waals surface area contributed by atoms with Crippen LogP contribution < -0.4 is 9.47 Å². The summed E-state index contributed by atoms with van der Waals surface area (Å²) < 4.78 is 16.1. The molecule has 1 N–H and O–H groups in total. The summed E-state index contributed by atoms with van der Waals surface area (Å²) in [6, 6.07) is 5.51. The van der Waals surface area contributed by atoms with Crippen LogP contribution in [0.5, 0.6) is 11.5 Å². The molecular formula is C16H24O4. The monoisotopic (exact) mass is 280 g/mol. The van der Waals surface area contributed by atoms with E-state index in [0.29, 0.717) is 18.3 Å². The van der Waals surface area contributed by atoms with Crippen molar-refractivity contribution in [2.45, 2.75) is 44.3 Å². The van der Waals surface area contributed by atoms with E-state index >= 15 is 0 Å². The number of methoxy groups -OCH3 is 2. The van der Waals surface area contributed by atoms with Gasteiger partial charge in [-0.1, -0.05) is 0 Å². The fourth-order valence-corrected chi connectivity index (χ4v) is 2.67. The van der Waals surface area contributed by atoms with Gasteiger partial charge in [-0.3, -0.25) is 0 Å². The Balaban J connectivity index is 1.91. The van der Waals surface area contributed by atoms with Crippen molar-refractivity contribution in [2.75, 3.05) is 20.8 Å². The Morgan fingerprint density at radius 1 is 1.35 bits per heavy atom. The highest BCUT2D eigenvalue weighted by Crippen LogP contribution is 2.32. The maximum atomic E-state index is 10.3. The van der Waals surface area contributed by atoms with Crippen molar-refractivity contribution in [3.05, 3.63) is 23.8 Å². The second-order valence-electron chi connectivity index (χ2n) is 5.19. The molecule has 0 aromatic heterocycles. The molecule has 1 aromatic rings. The van der Waals surface area contributed by atoms with Crippen LogP contribution in [0.1, 0.15) is 43.8 Å². The summed E-state index contributed by atoms with van der Waals surface area (Å²) in [5.74, 6) is 1.44. The molecule has 112 valence electrons. The predicted molar refractivity (Wildman–Crippen MR) is 77.3 cm³/mol. The number of ether oxygens (including phenoxy) is 3. The molecule has 2 rings (SSSR count). The van der Waals surface area contributed by atoms with Gasteiger partial charge in [-0.25, -0.2) is 0 Å². The van der Waals surface area contributed by atoms with Crippen LogP contribution in [0.4, 0.5) is 0 Å². The third-order valence-corrected chi connectivity index (χ3v) is 3.82. The summed E-state index contributed by atoms with van der Waals surface area (Å²) in [4.78, 5) is 0. The number of hydrogen-bond acceptors (Lipinski definition) is 4. The van der Waals surface area contributed by atoms with E-state index in [0.717, 1.165) is 43.6 Å². The maximum absolute atomic E-state index is 10.3. The lowest BCUT2D eigenvalue weighted by atomic mass is 10.0. The zero-order valence-electron chi connectivity index (χ0n) is 12.3. The average Bonchev–Trinajstić information content (AvgIpc) is 2.99. The van der Waals surface area contributed by atoms with Crippen molar-refractivity contribution in [1.29, 1.82) is 0 Å². The van der Waals surface area contributed by atoms with Crippen LogP contribution in [0, 0.1) is 0 Å². The van der Waals surface area contributed by atoms with E-state index in [9.17, 15) is 5.11 Å². The fourth-order valence-electron chi connectivity index (χ4n) is 2.67. The highest BCUT2D eigenvalue weighted by Gasteiger charge is 2.18. The van der Waals surface area contributed by atoms with E-state index in [4.69, 9.17) is 14.2 Å². The summed E-state index contributed by atoms with van der Waals surface area (Å²) in [6.07, 6.45) is 4.85. The Morgan fingerprint density at radius 2 is 2.20 bits per heavy atom. The largest absolute Gasteiger partial charge is 0.497 e. The number of hydrogen-bond donors (Lipinski definition) is 1. The SMILES string of the molecule is COc1ccc(OC)c(C(O)CCCC2CCCO2)c1. The van der Waals surface area contributed by atoms with Crippen molar-refractivity contribution >= 4 is 0 Å². The van der Waals surface area contributed by atoms with Crippen molar-refractivity contribution < 1.29 is 19.3 Å². The van der Waals surface area contributed by atoms with E-state index in [2.05, 4.69) is 0 Å². The normalized spacial score (nSPS) is 19.9. The van der Waals surface area contributed by atoms with Crippen LogP contribution in [-0.4, -0.2) is 32.0 Å². The minimum Gasteiger partial charge on any atom is -0.497 e. The zero-order valence-corrected chi connectivity index (χ0v) is 12.3. The van der Waals surface area contributed by atoms with Gasteiger partial charge in [0.15, 0.2) is 0 Å². The van der Waals surface area contributed by atoms with Gasteiger partial charge in [-0.2, -0.15) is 0 Å². The van der Waals surface area contributed by atoms with Crippen LogP contribution >= 0.6 is 0 Å². The van der Waals surface area contributed by atoms with Gasteiger partial charge < -0.3 is 19.3 Å². The first-order chi connectivity index (χ1) is 9.74. The molecule has 2 atom stereocenters. The lowest BCUT2D eigenvalue weighted by molar-refractivity contribution is 0.0941. The van der Waals surface area contributed by atoms with Crippen LogP contribution in [0.15, 0.2) is 18.2 Å². The van der Waals surface area contributed by atoms with E-state index in [-0.39, 0.29) is 0 Å². The molecule has 0 radical (unpaired) electrons. The third-order valence-electron chi connectivity index (χ3n) is 3.82. The Bertz CT molecular complexity index is 413. The molecule has 4 heteroatoms. The molecule has 0 bridgehead atoms. The molecule has 1 aromatic carbocycles. The molecule has 1 fully saturated rings. The first-order valence-corrected chi connectivity index (χ1v) is 7.26. The van der Waals surface area contributed by atoms with Crippen LogP contribution in [0.25, 0.3) is 0 Å². The van der Waals surface area contributed by atoms with Crippen LogP contribution in [-0.2, 0) is 4.74 Å². The van der Waals surface area contributed by atoms with Crippen molar-refractivity contribution in [2.24, 2.45) is 0 Å². The summed E-state index contributed by atoms with van der Waals surface area (Å²) in [7, 11) is 3.24. The number of benzene rings is 1. The fraction of sp³-hybridized carbons (Fsp3) is 0.625. The quantitative estimate of drug-likeness (QED) is 0.834. The molecule has 1 heterocycles. The molecule has 0 saturated carbocycles. The van der Waals surface area contributed by atoms with Gasteiger partial charge in [-0.05, 0) is 50.3 Å². The van der Waals surface area contributed by atoms with Gasteiger partial charge in [0.05, 0.1) is 26.4 Å². The Morgan fingerprint density at radius 3 is 2.85 bits per heavy atom. The molecule has 1 aliphatic heterocycles. The van der Waals surface area contributed by atoms with Crippen LogP contribution in [0.3, 0.4) is 0 Å². The summed E-state index contributed by atoms with van der Waals surface area (Å²) in [5, 5.41) is 10.3. The summed E-state index contributed by atoms with van der Waals surface area (Å²) >= 11 is 0. The lowest BCUT2D eigenvalue weighted by Crippen LogP contribution is -2.06.